The van der Waals surface area contributed by atoms with Crippen molar-refractivity contribution in [2.45, 2.75) is 49.5 Å². The standard InChI is InChI=1S/C19H29N3O8S2/c1-14-18(19(23)20-30-17-6-4-5-13-29-17)22(12-11-21(14)31(3,24)25)32(26,27)16-9-7-15(28-2)8-10-16/h7-10,14,17-18H,4-6,11-13H2,1-3H3,(H,20,23). The van der Waals surface area contributed by atoms with E-state index in [0.717, 1.165) is 27.7 Å². The first-order valence-corrected chi connectivity index (χ1v) is 13.5. The van der Waals surface area contributed by atoms with Gasteiger partial charge in [0.15, 0.2) is 6.29 Å². The van der Waals surface area contributed by atoms with Crippen molar-refractivity contribution in [1.82, 2.24) is 14.1 Å². The van der Waals surface area contributed by atoms with E-state index in [1.165, 1.54) is 38.3 Å². The summed E-state index contributed by atoms with van der Waals surface area (Å²) in [6.45, 7) is 1.73. The van der Waals surface area contributed by atoms with Gasteiger partial charge in [0.05, 0.1) is 18.3 Å². The Morgan fingerprint density at radius 3 is 2.31 bits per heavy atom. The van der Waals surface area contributed by atoms with Crippen LogP contribution in [0, 0.1) is 0 Å². The molecule has 2 heterocycles. The molecule has 2 fully saturated rings. The van der Waals surface area contributed by atoms with Gasteiger partial charge in [0.1, 0.15) is 11.8 Å². The van der Waals surface area contributed by atoms with Crippen molar-refractivity contribution in [3.05, 3.63) is 24.3 Å². The summed E-state index contributed by atoms with van der Waals surface area (Å²) >= 11 is 0. The van der Waals surface area contributed by atoms with Gasteiger partial charge in [-0.15, -0.1) is 0 Å². The average molecular weight is 492 g/mol. The molecule has 0 saturated carbocycles. The van der Waals surface area contributed by atoms with Crippen LogP contribution < -0.4 is 10.2 Å². The number of nitrogens with zero attached hydrogens (tertiary/aromatic N) is 2. The van der Waals surface area contributed by atoms with E-state index in [2.05, 4.69) is 5.48 Å². The minimum absolute atomic E-state index is 0.0346. The van der Waals surface area contributed by atoms with Gasteiger partial charge in [-0.25, -0.2) is 27.2 Å². The quantitative estimate of drug-likeness (QED) is 0.539. The van der Waals surface area contributed by atoms with Gasteiger partial charge in [-0.2, -0.15) is 8.61 Å². The van der Waals surface area contributed by atoms with Crippen molar-refractivity contribution in [3.8, 4) is 5.75 Å². The van der Waals surface area contributed by atoms with E-state index < -0.39 is 44.3 Å². The number of hydrogen-bond donors (Lipinski definition) is 1. The van der Waals surface area contributed by atoms with E-state index >= 15 is 0 Å². The van der Waals surface area contributed by atoms with Crippen LogP contribution in [-0.2, 0) is 34.4 Å². The maximum absolute atomic E-state index is 13.4. The zero-order valence-corrected chi connectivity index (χ0v) is 19.9. The highest BCUT2D eigenvalue weighted by molar-refractivity contribution is 7.89. The zero-order valence-electron chi connectivity index (χ0n) is 18.3. The van der Waals surface area contributed by atoms with Gasteiger partial charge in [0.2, 0.25) is 20.0 Å². The Balaban J connectivity index is 1.88. The molecule has 1 N–H and O–H groups in total. The lowest BCUT2D eigenvalue weighted by Gasteiger charge is -2.43. The summed E-state index contributed by atoms with van der Waals surface area (Å²) in [5, 5.41) is 0. The van der Waals surface area contributed by atoms with Gasteiger partial charge in [-0.1, -0.05) is 0 Å². The molecule has 3 unspecified atom stereocenters. The Bertz CT molecular complexity index is 1010. The summed E-state index contributed by atoms with van der Waals surface area (Å²) in [6, 6.07) is 3.46. The molecule has 1 aromatic carbocycles. The fourth-order valence-corrected chi connectivity index (χ4v) is 6.67. The van der Waals surface area contributed by atoms with Crippen molar-refractivity contribution in [1.29, 1.82) is 0 Å². The first kappa shape index (κ1) is 24.9. The number of piperazine rings is 1. The van der Waals surface area contributed by atoms with Crippen molar-refractivity contribution in [3.63, 3.8) is 0 Å². The van der Waals surface area contributed by atoms with Crippen LogP contribution in [0.2, 0.25) is 0 Å². The minimum atomic E-state index is -4.12. The molecule has 2 aliphatic heterocycles. The highest BCUT2D eigenvalue weighted by Crippen LogP contribution is 2.28. The van der Waals surface area contributed by atoms with E-state index in [0.29, 0.717) is 18.8 Å². The maximum Gasteiger partial charge on any atom is 0.263 e. The molecule has 3 rings (SSSR count). The molecular formula is C19H29N3O8S2. The first-order chi connectivity index (χ1) is 15.1. The van der Waals surface area contributed by atoms with Crippen LogP contribution >= 0.6 is 0 Å². The van der Waals surface area contributed by atoms with Crippen LogP contribution in [0.4, 0.5) is 0 Å². The highest BCUT2D eigenvalue weighted by atomic mass is 32.2. The summed E-state index contributed by atoms with van der Waals surface area (Å²) in [4.78, 5) is 18.4. The average Bonchev–Trinajstić information content (AvgIpc) is 2.77. The van der Waals surface area contributed by atoms with Crippen LogP contribution in [0.1, 0.15) is 26.2 Å². The third-order valence-electron chi connectivity index (χ3n) is 5.55. The van der Waals surface area contributed by atoms with Gasteiger partial charge in [-0.05, 0) is 44.0 Å². The summed E-state index contributed by atoms with van der Waals surface area (Å²) in [5.74, 6) is -0.286. The molecular weight excluding hydrogens is 462 g/mol. The third kappa shape index (κ3) is 5.41. The lowest BCUT2D eigenvalue weighted by molar-refractivity contribution is -0.202. The SMILES string of the molecule is COc1ccc(S(=O)(=O)N2CCN(S(C)(=O)=O)C(C)C2C(=O)NOC2CCCCO2)cc1. The summed E-state index contributed by atoms with van der Waals surface area (Å²) < 4.78 is 63.8. The lowest BCUT2D eigenvalue weighted by atomic mass is 10.1. The van der Waals surface area contributed by atoms with Gasteiger partial charge in [0, 0.05) is 32.2 Å². The molecule has 0 bridgehead atoms. The molecule has 32 heavy (non-hydrogen) atoms. The molecule has 1 amide bonds. The Morgan fingerprint density at radius 2 is 1.75 bits per heavy atom. The van der Waals surface area contributed by atoms with Crippen LogP contribution in [0.3, 0.4) is 0 Å². The van der Waals surface area contributed by atoms with E-state index in [-0.39, 0.29) is 18.0 Å². The number of benzene rings is 1. The Morgan fingerprint density at radius 1 is 1.09 bits per heavy atom. The van der Waals surface area contributed by atoms with Crippen LogP contribution in [0.15, 0.2) is 29.2 Å². The van der Waals surface area contributed by atoms with Gasteiger partial charge in [-0.3, -0.25) is 4.79 Å². The van der Waals surface area contributed by atoms with Crippen LogP contribution in [0.5, 0.6) is 5.75 Å². The van der Waals surface area contributed by atoms with E-state index in [4.69, 9.17) is 14.3 Å². The van der Waals surface area contributed by atoms with Crippen molar-refractivity contribution in [2.24, 2.45) is 0 Å². The minimum Gasteiger partial charge on any atom is -0.497 e. The monoisotopic (exact) mass is 491 g/mol. The molecule has 0 radical (unpaired) electrons. The molecule has 13 heteroatoms. The normalized spacial score (nSPS) is 25.9. The number of rotatable bonds is 7. The third-order valence-corrected chi connectivity index (χ3v) is 8.81. The van der Waals surface area contributed by atoms with Gasteiger partial charge in [0.25, 0.3) is 5.91 Å². The number of sulfonamides is 2. The van der Waals surface area contributed by atoms with Crippen LogP contribution in [0.25, 0.3) is 0 Å². The molecule has 3 atom stereocenters. The Labute approximate surface area is 188 Å². The molecule has 2 saturated heterocycles. The summed E-state index contributed by atoms with van der Waals surface area (Å²) in [6.07, 6.45) is 2.75. The summed E-state index contributed by atoms with van der Waals surface area (Å²) in [7, 11) is -6.32. The van der Waals surface area contributed by atoms with Gasteiger partial charge >= 0.3 is 0 Å². The number of carbonyl (C=O) groups is 1. The number of nitrogens with one attached hydrogen (secondary N) is 1. The first-order valence-electron chi connectivity index (χ1n) is 10.3. The second kappa shape index (κ2) is 10.0. The molecule has 180 valence electrons. The topological polar surface area (TPSA) is 132 Å². The predicted octanol–water partition coefficient (Wildman–Crippen LogP) is 0.293. The number of amides is 1. The highest BCUT2D eigenvalue weighted by Gasteiger charge is 2.47. The number of hydroxylamine groups is 1. The predicted molar refractivity (Wildman–Crippen MR) is 115 cm³/mol. The lowest BCUT2D eigenvalue weighted by Crippen LogP contribution is -2.65. The Kier molecular flexibility index (Phi) is 7.78. The molecule has 0 spiro atoms. The Hall–Kier alpha value is -1.77. The largest absolute Gasteiger partial charge is 0.497 e. The molecule has 1 aromatic rings. The fourth-order valence-electron chi connectivity index (χ4n) is 3.90. The molecule has 11 nitrogen and oxygen atoms in total. The van der Waals surface area contributed by atoms with E-state index in [9.17, 15) is 21.6 Å². The molecule has 2 aliphatic rings. The van der Waals surface area contributed by atoms with Crippen molar-refractivity contribution in [2.75, 3.05) is 33.1 Å². The zero-order chi connectivity index (χ0) is 23.5. The molecule has 0 aliphatic carbocycles. The molecule has 0 aromatic heterocycles. The second-order valence-corrected chi connectivity index (χ2v) is 11.6. The number of carbonyl (C=O) groups excluding carboxylic acids is 1. The van der Waals surface area contributed by atoms with Crippen LogP contribution in [-0.4, -0.2) is 82.8 Å². The fraction of sp³-hybridized carbons (Fsp3) is 0.632. The smallest absolute Gasteiger partial charge is 0.263 e. The number of ether oxygens (including phenoxy) is 2. The van der Waals surface area contributed by atoms with E-state index in [1.807, 2.05) is 0 Å². The van der Waals surface area contributed by atoms with Gasteiger partial charge < -0.3 is 9.47 Å². The summed E-state index contributed by atoms with van der Waals surface area (Å²) in [5.41, 5.74) is 2.28. The maximum atomic E-state index is 13.4. The number of methoxy groups -OCH3 is 1. The second-order valence-electron chi connectivity index (χ2n) is 7.73. The number of hydrogen-bond acceptors (Lipinski definition) is 8. The van der Waals surface area contributed by atoms with Crippen molar-refractivity contribution >= 4 is 26.0 Å². The van der Waals surface area contributed by atoms with Crippen molar-refractivity contribution < 1.29 is 35.9 Å². The van der Waals surface area contributed by atoms with E-state index in [1.54, 1.807) is 0 Å².